The maximum Gasteiger partial charge on any atom is 0.223 e. The highest BCUT2D eigenvalue weighted by atomic mass is 32.1. The van der Waals surface area contributed by atoms with Gasteiger partial charge in [0.1, 0.15) is 10.8 Å². The summed E-state index contributed by atoms with van der Waals surface area (Å²) in [5.41, 5.74) is 7.22. The number of thiocarbonyl (C=S) groups is 1. The van der Waals surface area contributed by atoms with Crippen LogP contribution in [0.4, 0.5) is 5.82 Å². The van der Waals surface area contributed by atoms with Crippen LogP contribution in [0.2, 0.25) is 0 Å². The average molecular weight is 263 g/mol. The van der Waals surface area contributed by atoms with Crippen molar-refractivity contribution in [2.75, 3.05) is 5.32 Å². The lowest BCUT2D eigenvalue weighted by Crippen LogP contribution is -2.11. The van der Waals surface area contributed by atoms with E-state index in [-0.39, 0.29) is 0 Å². The molecular weight excluding hydrogens is 250 g/mol. The summed E-state index contributed by atoms with van der Waals surface area (Å²) in [5, 5.41) is 6.88. The lowest BCUT2D eigenvalue weighted by molar-refractivity contribution is 0.388. The molecule has 2 heterocycles. The molecule has 2 aromatic heterocycles. The molecule has 0 unspecified atom stereocenters. The first-order chi connectivity index (χ1) is 8.54. The standard InChI is InChI=1S/C11H13N5OS/c1-6-3-8(11(12)18)4-9(14-6)13-5-10-15-7(2)17-16-10/h3-4H,5H2,1-2H3,(H2,12,18)(H,13,14). The van der Waals surface area contributed by atoms with Gasteiger partial charge in [0.15, 0.2) is 5.82 Å². The van der Waals surface area contributed by atoms with Crippen molar-refractivity contribution in [3.05, 3.63) is 35.1 Å². The van der Waals surface area contributed by atoms with Crippen LogP contribution in [-0.2, 0) is 6.54 Å². The maximum absolute atomic E-state index is 5.60. The van der Waals surface area contributed by atoms with Crippen molar-refractivity contribution >= 4 is 23.0 Å². The summed E-state index contributed by atoms with van der Waals surface area (Å²) >= 11 is 4.94. The van der Waals surface area contributed by atoms with Crippen LogP contribution in [0, 0.1) is 13.8 Å². The van der Waals surface area contributed by atoms with Crippen molar-refractivity contribution in [2.24, 2.45) is 5.73 Å². The van der Waals surface area contributed by atoms with Gasteiger partial charge in [-0.05, 0) is 19.1 Å². The van der Waals surface area contributed by atoms with Crippen LogP contribution in [0.25, 0.3) is 0 Å². The van der Waals surface area contributed by atoms with Gasteiger partial charge in [0, 0.05) is 18.2 Å². The average Bonchev–Trinajstić information content (AvgIpc) is 2.72. The quantitative estimate of drug-likeness (QED) is 0.804. The summed E-state index contributed by atoms with van der Waals surface area (Å²) in [6.07, 6.45) is 0. The molecule has 18 heavy (non-hydrogen) atoms. The van der Waals surface area contributed by atoms with Crippen LogP contribution >= 0.6 is 12.2 Å². The highest BCUT2D eigenvalue weighted by Gasteiger charge is 2.05. The van der Waals surface area contributed by atoms with E-state index in [1.165, 1.54) is 0 Å². The molecule has 3 N–H and O–H groups in total. The fraction of sp³-hybridized carbons (Fsp3) is 0.273. The van der Waals surface area contributed by atoms with Gasteiger partial charge in [0.2, 0.25) is 5.89 Å². The van der Waals surface area contributed by atoms with Crippen molar-refractivity contribution in [3.8, 4) is 0 Å². The number of nitrogens with one attached hydrogen (secondary N) is 1. The predicted molar refractivity (Wildman–Crippen MR) is 71.2 cm³/mol. The van der Waals surface area contributed by atoms with E-state index in [0.29, 0.717) is 29.1 Å². The lowest BCUT2D eigenvalue weighted by Gasteiger charge is -2.06. The molecule has 0 amide bonds. The first-order valence-corrected chi connectivity index (χ1v) is 5.77. The van der Waals surface area contributed by atoms with Gasteiger partial charge in [-0.2, -0.15) is 4.98 Å². The molecule has 0 saturated heterocycles. The monoisotopic (exact) mass is 263 g/mol. The van der Waals surface area contributed by atoms with E-state index >= 15 is 0 Å². The summed E-state index contributed by atoms with van der Waals surface area (Å²) in [6.45, 7) is 4.06. The van der Waals surface area contributed by atoms with E-state index in [2.05, 4.69) is 20.4 Å². The number of hydrogen-bond donors (Lipinski definition) is 2. The third-order valence-corrected chi connectivity index (χ3v) is 2.47. The van der Waals surface area contributed by atoms with E-state index in [0.717, 1.165) is 11.3 Å². The molecule has 0 aliphatic carbocycles. The van der Waals surface area contributed by atoms with Gasteiger partial charge in [0.25, 0.3) is 0 Å². The van der Waals surface area contributed by atoms with Crippen molar-refractivity contribution in [2.45, 2.75) is 20.4 Å². The molecule has 0 saturated carbocycles. The normalized spacial score (nSPS) is 10.3. The van der Waals surface area contributed by atoms with Crippen LogP contribution < -0.4 is 11.1 Å². The van der Waals surface area contributed by atoms with Crippen LogP contribution in [-0.4, -0.2) is 20.1 Å². The third kappa shape index (κ3) is 3.01. The number of hydrogen-bond acceptors (Lipinski definition) is 6. The number of anilines is 1. The van der Waals surface area contributed by atoms with Crippen molar-refractivity contribution < 1.29 is 4.52 Å². The highest BCUT2D eigenvalue weighted by molar-refractivity contribution is 7.80. The Morgan fingerprint density at radius 1 is 1.39 bits per heavy atom. The van der Waals surface area contributed by atoms with Gasteiger partial charge in [0.05, 0.1) is 6.54 Å². The van der Waals surface area contributed by atoms with Crippen LogP contribution in [0.5, 0.6) is 0 Å². The molecular formula is C11H13N5OS. The Kier molecular flexibility index (Phi) is 3.52. The summed E-state index contributed by atoms with van der Waals surface area (Å²) in [6, 6.07) is 3.63. The zero-order valence-electron chi connectivity index (χ0n) is 10.1. The minimum absolute atomic E-state index is 0.346. The zero-order chi connectivity index (χ0) is 13.1. The van der Waals surface area contributed by atoms with E-state index in [1.54, 1.807) is 13.0 Å². The first-order valence-electron chi connectivity index (χ1n) is 5.36. The van der Waals surface area contributed by atoms with E-state index < -0.39 is 0 Å². The number of aromatic nitrogens is 3. The Labute approximate surface area is 110 Å². The van der Waals surface area contributed by atoms with Crippen LogP contribution in [0.3, 0.4) is 0 Å². The summed E-state index contributed by atoms with van der Waals surface area (Å²) in [7, 11) is 0. The summed E-state index contributed by atoms with van der Waals surface area (Å²) in [5.74, 6) is 1.79. The molecule has 0 spiro atoms. The minimum atomic E-state index is 0.346. The molecule has 2 aromatic rings. The van der Waals surface area contributed by atoms with Crippen molar-refractivity contribution in [3.63, 3.8) is 0 Å². The van der Waals surface area contributed by atoms with E-state index in [4.69, 9.17) is 22.5 Å². The molecule has 0 fully saturated rings. The second-order valence-corrected chi connectivity index (χ2v) is 4.27. The SMILES string of the molecule is Cc1cc(C(N)=S)cc(NCc2noc(C)n2)n1. The Morgan fingerprint density at radius 2 is 2.17 bits per heavy atom. The lowest BCUT2D eigenvalue weighted by atomic mass is 10.2. The Bertz CT molecular complexity index is 581. The molecule has 6 nitrogen and oxygen atoms in total. The Morgan fingerprint density at radius 3 is 2.78 bits per heavy atom. The van der Waals surface area contributed by atoms with Crippen LogP contribution in [0.15, 0.2) is 16.7 Å². The third-order valence-electron chi connectivity index (χ3n) is 2.24. The fourth-order valence-corrected chi connectivity index (χ4v) is 1.60. The number of aryl methyl sites for hydroxylation is 2. The van der Waals surface area contributed by atoms with E-state index in [1.807, 2.05) is 13.0 Å². The summed E-state index contributed by atoms with van der Waals surface area (Å²) < 4.78 is 4.88. The van der Waals surface area contributed by atoms with E-state index in [9.17, 15) is 0 Å². The van der Waals surface area contributed by atoms with Gasteiger partial charge in [-0.3, -0.25) is 0 Å². The van der Waals surface area contributed by atoms with Gasteiger partial charge in [-0.15, -0.1) is 0 Å². The Balaban J connectivity index is 2.11. The van der Waals surface area contributed by atoms with Gasteiger partial charge >= 0.3 is 0 Å². The molecule has 0 radical (unpaired) electrons. The molecule has 2 rings (SSSR count). The molecule has 0 bridgehead atoms. The predicted octanol–water partition coefficient (Wildman–Crippen LogP) is 1.33. The molecule has 0 atom stereocenters. The fourth-order valence-electron chi connectivity index (χ4n) is 1.48. The minimum Gasteiger partial charge on any atom is -0.389 e. The molecule has 0 aliphatic heterocycles. The number of nitrogens with two attached hydrogens (primary N) is 1. The number of rotatable bonds is 4. The smallest absolute Gasteiger partial charge is 0.223 e. The molecule has 7 heteroatoms. The molecule has 0 aliphatic rings. The zero-order valence-corrected chi connectivity index (χ0v) is 10.9. The molecule has 94 valence electrons. The van der Waals surface area contributed by atoms with Gasteiger partial charge < -0.3 is 15.6 Å². The Hall–Kier alpha value is -2.02. The summed E-state index contributed by atoms with van der Waals surface area (Å²) in [4.78, 5) is 8.76. The first kappa shape index (κ1) is 12.4. The second-order valence-electron chi connectivity index (χ2n) is 3.83. The topological polar surface area (TPSA) is 89.9 Å². The van der Waals surface area contributed by atoms with Gasteiger partial charge in [-0.1, -0.05) is 17.4 Å². The maximum atomic E-state index is 5.60. The van der Waals surface area contributed by atoms with Crippen LogP contribution in [0.1, 0.15) is 23.0 Å². The largest absolute Gasteiger partial charge is 0.389 e. The highest BCUT2D eigenvalue weighted by Crippen LogP contribution is 2.11. The molecule has 0 aromatic carbocycles. The second kappa shape index (κ2) is 5.09. The van der Waals surface area contributed by atoms with Crippen molar-refractivity contribution in [1.82, 2.24) is 15.1 Å². The number of nitrogens with zero attached hydrogens (tertiary/aromatic N) is 3. The number of pyridine rings is 1. The van der Waals surface area contributed by atoms with Crippen molar-refractivity contribution in [1.29, 1.82) is 0 Å². The van der Waals surface area contributed by atoms with Gasteiger partial charge in [-0.25, -0.2) is 4.98 Å².